The number of sulfonamides is 1. The number of benzene rings is 1. The number of esters is 2. The lowest BCUT2D eigenvalue weighted by Gasteiger charge is -2.13. The van der Waals surface area contributed by atoms with Crippen LogP contribution in [0.25, 0.3) is 0 Å². The van der Waals surface area contributed by atoms with Crippen molar-refractivity contribution in [1.82, 2.24) is 4.72 Å². The number of ether oxygens (including phenoxy) is 2. The summed E-state index contributed by atoms with van der Waals surface area (Å²) in [5.41, 5.74) is 0.101. The normalized spacial score (nSPS) is 12.5. The van der Waals surface area contributed by atoms with E-state index in [9.17, 15) is 18.0 Å². The van der Waals surface area contributed by atoms with Crippen molar-refractivity contribution >= 4 is 22.0 Å². The van der Waals surface area contributed by atoms with Gasteiger partial charge in [-0.2, -0.15) is 4.72 Å². The first-order valence-electron chi connectivity index (χ1n) is 6.19. The van der Waals surface area contributed by atoms with Gasteiger partial charge < -0.3 is 9.47 Å². The predicted octanol–water partition coefficient (Wildman–Crippen LogP) is 0.703. The van der Waals surface area contributed by atoms with Crippen LogP contribution < -0.4 is 4.72 Å². The van der Waals surface area contributed by atoms with Gasteiger partial charge in [-0.1, -0.05) is 6.07 Å². The van der Waals surface area contributed by atoms with Crippen molar-refractivity contribution in [2.24, 2.45) is 0 Å². The number of carbonyl (C=O) groups excluding carboxylic acids is 2. The Balaban J connectivity index is 2.98. The molecule has 0 fully saturated rings. The van der Waals surface area contributed by atoms with E-state index in [0.29, 0.717) is 0 Å². The molecule has 21 heavy (non-hydrogen) atoms. The third-order valence-electron chi connectivity index (χ3n) is 2.54. The van der Waals surface area contributed by atoms with E-state index >= 15 is 0 Å². The molecule has 1 atom stereocenters. The van der Waals surface area contributed by atoms with Crippen LogP contribution in [0.5, 0.6) is 0 Å². The van der Waals surface area contributed by atoms with Gasteiger partial charge in [-0.3, -0.25) is 4.79 Å². The molecule has 1 aromatic rings. The number of hydrogen-bond acceptors (Lipinski definition) is 6. The SMILES string of the molecule is CCOC(=O)C(C)NS(=O)(=O)c1cccc(C(=O)OC)c1. The van der Waals surface area contributed by atoms with Gasteiger partial charge in [0.25, 0.3) is 0 Å². The summed E-state index contributed by atoms with van der Waals surface area (Å²) < 4.78 is 35.7. The molecule has 0 aromatic heterocycles. The third-order valence-corrected chi connectivity index (χ3v) is 4.08. The lowest BCUT2D eigenvalue weighted by atomic mass is 10.2. The quantitative estimate of drug-likeness (QED) is 0.776. The van der Waals surface area contributed by atoms with Crippen LogP contribution in [-0.4, -0.2) is 40.1 Å². The Morgan fingerprint density at radius 2 is 2.00 bits per heavy atom. The van der Waals surface area contributed by atoms with Crippen molar-refractivity contribution in [2.45, 2.75) is 24.8 Å². The standard InChI is InChI=1S/C13H17NO6S/c1-4-20-12(15)9(2)14-21(17,18)11-7-5-6-10(8-11)13(16)19-3/h5-9,14H,4H2,1-3H3. The molecule has 0 radical (unpaired) electrons. The minimum Gasteiger partial charge on any atom is -0.465 e. The highest BCUT2D eigenvalue weighted by molar-refractivity contribution is 7.89. The van der Waals surface area contributed by atoms with E-state index in [1.54, 1.807) is 6.92 Å². The second-order valence-electron chi connectivity index (χ2n) is 4.11. The van der Waals surface area contributed by atoms with Gasteiger partial charge in [0.05, 0.1) is 24.2 Å². The summed E-state index contributed by atoms with van der Waals surface area (Å²) >= 11 is 0. The third kappa shape index (κ3) is 4.54. The van der Waals surface area contributed by atoms with Crippen LogP contribution in [0.1, 0.15) is 24.2 Å². The largest absolute Gasteiger partial charge is 0.465 e. The van der Waals surface area contributed by atoms with Crippen LogP contribution in [0.15, 0.2) is 29.2 Å². The summed E-state index contributed by atoms with van der Waals surface area (Å²) in [6, 6.07) is 4.30. The highest BCUT2D eigenvalue weighted by atomic mass is 32.2. The van der Waals surface area contributed by atoms with Crippen LogP contribution in [0, 0.1) is 0 Å². The van der Waals surface area contributed by atoms with Crippen molar-refractivity contribution in [3.8, 4) is 0 Å². The molecule has 0 aliphatic heterocycles. The first-order chi connectivity index (χ1) is 9.81. The number of carbonyl (C=O) groups is 2. The molecular formula is C13H17NO6S. The Hall–Kier alpha value is -1.93. The topological polar surface area (TPSA) is 98.8 Å². The van der Waals surface area contributed by atoms with Crippen molar-refractivity contribution < 1.29 is 27.5 Å². The summed E-state index contributed by atoms with van der Waals surface area (Å²) in [4.78, 5) is 22.7. The molecule has 7 nitrogen and oxygen atoms in total. The van der Waals surface area contributed by atoms with Gasteiger partial charge in [0.15, 0.2) is 0 Å². The lowest BCUT2D eigenvalue weighted by Crippen LogP contribution is -2.39. The first-order valence-corrected chi connectivity index (χ1v) is 7.67. The van der Waals surface area contributed by atoms with Gasteiger partial charge >= 0.3 is 11.9 Å². The molecule has 0 spiro atoms. The molecule has 1 N–H and O–H groups in total. The van der Waals surface area contributed by atoms with E-state index in [1.807, 2.05) is 0 Å². The van der Waals surface area contributed by atoms with Crippen LogP contribution in [0.2, 0.25) is 0 Å². The minimum absolute atomic E-state index is 0.101. The average Bonchev–Trinajstić information content (AvgIpc) is 2.46. The van der Waals surface area contributed by atoms with Gasteiger partial charge in [0.2, 0.25) is 10.0 Å². The molecule has 0 bridgehead atoms. The number of rotatable bonds is 6. The maximum Gasteiger partial charge on any atom is 0.337 e. The second kappa shape index (κ2) is 7.19. The average molecular weight is 315 g/mol. The Labute approximate surface area is 123 Å². The van der Waals surface area contributed by atoms with Crippen LogP contribution >= 0.6 is 0 Å². The fraction of sp³-hybridized carbons (Fsp3) is 0.385. The summed E-state index contributed by atoms with van der Waals surface area (Å²) in [6.45, 7) is 3.15. The van der Waals surface area contributed by atoms with E-state index in [-0.39, 0.29) is 17.1 Å². The molecule has 1 rings (SSSR count). The van der Waals surface area contributed by atoms with E-state index in [4.69, 9.17) is 4.74 Å². The van der Waals surface area contributed by atoms with Gasteiger partial charge in [-0.05, 0) is 32.0 Å². The van der Waals surface area contributed by atoms with E-state index in [1.165, 1.54) is 38.3 Å². The summed E-state index contributed by atoms with van der Waals surface area (Å²) in [5.74, 6) is -1.32. The first kappa shape index (κ1) is 17.1. The summed E-state index contributed by atoms with van der Waals surface area (Å²) in [6.07, 6.45) is 0. The van der Waals surface area contributed by atoms with Crippen molar-refractivity contribution in [3.05, 3.63) is 29.8 Å². The summed E-state index contributed by atoms with van der Waals surface area (Å²) in [5, 5.41) is 0. The molecular weight excluding hydrogens is 298 g/mol. The molecule has 116 valence electrons. The lowest BCUT2D eigenvalue weighted by molar-refractivity contribution is -0.144. The smallest absolute Gasteiger partial charge is 0.337 e. The fourth-order valence-corrected chi connectivity index (χ4v) is 2.76. The number of methoxy groups -OCH3 is 1. The van der Waals surface area contributed by atoms with Gasteiger partial charge in [0, 0.05) is 0 Å². The van der Waals surface area contributed by atoms with Crippen LogP contribution in [-0.2, 0) is 24.3 Å². The Kier molecular flexibility index (Phi) is 5.86. The minimum atomic E-state index is -3.95. The number of nitrogens with one attached hydrogen (secondary N) is 1. The van der Waals surface area contributed by atoms with Gasteiger partial charge in [0.1, 0.15) is 6.04 Å². The molecule has 0 saturated carbocycles. The van der Waals surface area contributed by atoms with E-state index < -0.39 is 28.0 Å². The maximum absolute atomic E-state index is 12.1. The second-order valence-corrected chi connectivity index (χ2v) is 5.83. The van der Waals surface area contributed by atoms with E-state index in [2.05, 4.69) is 9.46 Å². The van der Waals surface area contributed by atoms with Crippen LogP contribution in [0.3, 0.4) is 0 Å². The zero-order chi connectivity index (χ0) is 16.0. The molecule has 0 aliphatic carbocycles. The molecule has 0 saturated heterocycles. The van der Waals surface area contributed by atoms with Crippen molar-refractivity contribution in [3.63, 3.8) is 0 Å². The fourth-order valence-electron chi connectivity index (χ4n) is 1.52. The summed E-state index contributed by atoms with van der Waals surface area (Å²) in [7, 11) is -2.75. The highest BCUT2D eigenvalue weighted by Gasteiger charge is 2.23. The molecule has 0 heterocycles. The van der Waals surface area contributed by atoms with Crippen molar-refractivity contribution in [1.29, 1.82) is 0 Å². The van der Waals surface area contributed by atoms with Gasteiger partial charge in [-0.25, -0.2) is 13.2 Å². The highest BCUT2D eigenvalue weighted by Crippen LogP contribution is 2.13. The Bertz CT molecular complexity index is 625. The molecule has 1 aromatic carbocycles. The molecule has 8 heteroatoms. The monoisotopic (exact) mass is 315 g/mol. The zero-order valence-electron chi connectivity index (χ0n) is 12.0. The van der Waals surface area contributed by atoms with Gasteiger partial charge in [-0.15, -0.1) is 0 Å². The molecule has 0 amide bonds. The van der Waals surface area contributed by atoms with E-state index in [0.717, 1.165) is 0 Å². The molecule has 0 aliphatic rings. The Morgan fingerprint density at radius 3 is 2.57 bits per heavy atom. The van der Waals surface area contributed by atoms with Crippen molar-refractivity contribution in [2.75, 3.05) is 13.7 Å². The Morgan fingerprint density at radius 1 is 1.33 bits per heavy atom. The predicted molar refractivity (Wildman–Crippen MR) is 74.2 cm³/mol. The van der Waals surface area contributed by atoms with Crippen LogP contribution in [0.4, 0.5) is 0 Å². The molecule has 1 unspecified atom stereocenters. The number of hydrogen-bond donors (Lipinski definition) is 1. The maximum atomic E-state index is 12.1. The zero-order valence-corrected chi connectivity index (χ0v) is 12.8.